The molecule has 0 radical (unpaired) electrons. The van der Waals surface area contributed by atoms with Gasteiger partial charge in [0.25, 0.3) is 11.6 Å². The lowest BCUT2D eigenvalue weighted by Gasteiger charge is -2.06. The maximum absolute atomic E-state index is 10.7. The lowest BCUT2D eigenvalue weighted by Crippen LogP contribution is -2.01. The van der Waals surface area contributed by atoms with Crippen LogP contribution in [-0.4, -0.2) is 21.8 Å². The smallest absolute Gasteiger partial charge is 0.269 e. The van der Waals surface area contributed by atoms with Gasteiger partial charge < -0.3 is 14.4 Å². The maximum atomic E-state index is 10.7. The quantitative estimate of drug-likeness (QED) is 0.549. The van der Waals surface area contributed by atoms with Crippen molar-refractivity contribution in [3.63, 3.8) is 0 Å². The predicted molar refractivity (Wildman–Crippen MR) is 85.9 cm³/mol. The van der Waals surface area contributed by atoms with E-state index in [2.05, 4.69) is 5.16 Å². The third-order valence-corrected chi connectivity index (χ3v) is 3.42. The molecule has 7 heteroatoms. The molecule has 1 aromatic heterocycles. The number of ether oxygens (including phenoxy) is 1. The summed E-state index contributed by atoms with van der Waals surface area (Å²) in [5.74, 6) is 0.978. The second kappa shape index (κ2) is 6.82. The zero-order valence-corrected chi connectivity index (χ0v) is 12.6. The molecule has 0 bridgehead atoms. The van der Waals surface area contributed by atoms with Crippen molar-refractivity contribution in [2.24, 2.45) is 0 Å². The number of benzene rings is 2. The zero-order valence-electron chi connectivity index (χ0n) is 12.6. The van der Waals surface area contributed by atoms with Gasteiger partial charge in [0.1, 0.15) is 5.75 Å². The first kappa shape index (κ1) is 15.5. The van der Waals surface area contributed by atoms with Gasteiger partial charge in [0, 0.05) is 30.2 Å². The molecule has 0 fully saturated rings. The lowest BCUT2D eigenvalue weighted by molar-refractivity contribution is -0.384. The molecule has 0 unspecified atom stereocenters. The Labute approximate surface area is 137 Å². The van der Waals surface area contributed by atoms with Gasteiger partial charge in [-0.05, 0) is 35.0 Å². The largest absolute Gasteiger partial charge is 0.493 e. The van der Waals surface area contributed by atoms with Crippen LogP contribution < -0.4 is 4.74 Å². The molecule has 3 aromatic rings. The van der Waals surface area contributed by atoms with Gasteiger partial charge in [-0.25, -0.2) is 0 Å². The van der Waals surface area contributed by atoms with Crippen molar-refractivity contribution in [1.29, 1.82) is 0 Å². The van der Waals surface area contributed by atoms with Gasteiger partial charge in [-0.15, -0.1) is 0 Å². The minimum Gasteiger partial charge on any atom is -0.493 e. The van der Waals surface area contributed by atoms with Crippen molar-refractivity contribution < 1.29 is 19.3 Å². The van der Waals surface area contributed by atoms with Crippen LogP contribution in [0.4, 0.5) is 5.69 Å². The number of nitrogens with zero attached hydrogens (tertiary/aromatic N) is 2. The number of hydrogen-bond donors (Lipinski definition) is 1. The average molecular weight is 326 g/mol. The van der Waals surface area contributed by atoms with E-state index < -0.39 is 4.92 Å². The highest BCUT2D eigenvalue weighted by molar-refractivity contribution is 5.58. The molecule has 3 rings (SSSR count). The maximum Gasteiger partial charge on any atom is 0.269 e. The fraction of sp³-hybridized carbons (Fsp3) is 0.118. The molecule has 0 saturated heterocycles. The number of nitro benzene ring substituents is 1. The summed E-state index contributed by atoms with van der Waals surface area (Å²) < 4.78 is 10.6. The van der Waals surface area contributed by atoms with Crippen LogP contribution >= 0.6 is 0 Å². The lowest BCUT2D eigenvalue weighted by atomic mass is 10.1. The van der Waals surface area contributed by atoms with Crippen LogP contribution in [0.25, 0.3) is 11.3 Å². The van der Waals surface area contributed by atoms with E-state index in [1.807, 2.05) is 6.07 Å². The molecule has 0 aliphatic carbocycles. The standard InChI is InChI=1S/C17H14N2O5/c20-17-11-16(24-18-17)13-4-6-15(7-5-13)23-9-8-12-2-1-3-14(10-12)19(21)22/h1-7,10-11H,8-9H2,(H,18,20). The molecule has 7 nitrogen and oxygen atoms in total. The Balaban J connectivity index is 1.57. The van der Waals surface area contributed by atoms with Gasteiger partial charge in [-0.3, -0.25) is 10.1 Å². The van der Waals surface area contributed by atoms with E-state index >= 15 is 0 Å². The van der Waals surface area contributed by atoms with Crippen molar-refractivity contribution in [2.75, 3.05) is 6.61 Å². The van der Waals surface area contributed by atoms with Gasteiger partial charge in [0.15, 0.2) is 5.76 Å². The molecule has 0 spiro atoms. The molecule has 0 atom stereocenters. The van der Waals surface area contributed by atoms with Crippen molar-refractivity contribution in [2.45, 2.75) is 6.42 Å². The summed E-state index contributed by atoms with van der Waals surface area (Å²) in [6.07, 6.45) is 0.569. The van der Waals surface area contributed by atoms with Crippen molar-refractivity contribution in [1.82, 2.24) is 5.16 Å². The Kier molecular flexibility index (Phi) is 4.42. The van der Waals surface area contributed by atoms with Crippen molar-refractivity contribution in [3.8, 4) is 23.0 Å². The number of aromatic nitrogens is 1. The molecule has 0 saturated carbocycles. The Hall–Kier alpha value is -3.35. The summed E-state index contributed by atoms with van der Waals surface area (Å²) in [6, 6.07) is 15.1. The van der Waals surface area contributed by atoms with Gasteiger partial charge in [-0.2, -0.15) is 0 Å². The number of aromatic hydroxyl groups is 1. The third-order valence-electron chi connectivity index (χ3n) is 3.42. The topological polar surface area (TPSA) is 98.6 Å². The van der Waals surface area contributed by atoms with Gasteiger partial charge >= 0.3 is 0 Å². The second-order valence-electron chi connectivity index (χ2n) is 5.10. The Morgan fingerprint density at radius 1 is 1.17 bits per heavy atom. The van der Waals surface area contributed by atoms with Gasteiger partial charge in [-0.1, -0.05) is 12.1 Å². The highest BCUT2D eigenvalue weighted by Gasteiger charge is 2.07. The van der Waals surface area contributed by atoms with Gasteiger partial charge in [0.2, 0.25) is 0 Å². The van der Waals surface area contributed by atoms with Gasteiger partial charge in [0.05, 0.1) is 11.5 Å². The molecule has 1 N–H and O–H groups in total. The second-order valence-corrected chi connectivity index (χ2v) is 5.10. The molecule has 0 aliphatic rings. The van der Waals surface area contributed by atoms with E-state index in [4.69, 9.17) is 9.26 Å². The number of non-ortho nitro benzene ring substituents is 1. The van der Waals surface area contributed by atoms with Crippen LogP contribution in [-0.2, 0) is 6.42 Å². The Bertz CT molecular complexity index is 842. The van der Waals surface area contributed by atoms with Crippen LogP contribution in [0.1, 0.15) is 5.56 Å². The minimum absolute atomic E-state index is 0.0761. The monoisotopic (exact) mass is 326 g/mol. The van der Waals surface area contributed by atoms with Crippen LogP contribution in [0.15, 0.2) is 59.1 Å². The van der Waals surface area contributed by atoms with E-state index in [0.717, 1.165) is 11.1 Å². The molecule has 0 aliphatic heterocycles. The number of hydrogen-bond acceptors (Lipinski definition) is 6. The molecule has 122 valence electrons. The number of nitro groups is 1. The van der Waals surface area contributed by atoms with E-state index in [0.29, 0.717) is 24.5 Å². The highest BCUT2D eigenvalue weighted by atomic mass is 16.6. The Morgan fingerprint density at radius 3 is 2.62 bits per heavy atom. The van der Waals surface area contributed by atoms with E-state index in [1.165, 1.54) is 12.1 Å². The molecular formula is C17H14N2O5. The number of rotatable bonds is 6. The molecule has 1 heterocycles. The highest BCUT2D eigenvalue weighted by Crippen LogP contribution is 2.25. The summed E-state index contributed by atoms with van der Waals surface area (Å²) in [5.41, 5.74) is 1.69. The summed E-state index contributed by atoms with van der Waals surface area (Å²) in [5, 5.41) is 23.3. The normalized spacial score (nSPS) is 10.5. The predicted octanol–water partition coefficient (Wildman–Crippen LogP) is 3.58. The molecular weight excluding hydrogens is 312 g/mol. The fourth-order valence-corrected chi connectivity index (χ4v) is 2.23. The zero-order chi connectivity index (χ0) is 16.9. The first-order valence-electron chi connectivity index (χ1n) is 7.24. The third kappa shape index (κ3) is 3.70. The van der Waals surface area contributed by atoms with Crippen LogP contribution in [0.2, 0.25) is 0 Å². The fourth-order valence-electron chi connectivity index (χ4n) is 2.23. The Morgan fingerprint density at radius 2 is 1.96 bits per heavy atom. The van der Waals surface area contributed by atoms with E-state index in [-0.39, 0.29) is 11.6 Å². The van der Waals surface area contributed by atoms with E-state index in [1.54, 1.807) is 36.4 Å². The molecule has 2 aromatic carbocycles. The summed E-state index contributed by atoms with van der Waals surface area (Å²) in [4.78, 5) is 10.3. The van der Waals surface area contributed by atoms with Crippen LogP contribution in [0, 0.1) is 10.1 Å². The SMILES string of the molecule is O=[N+]([O-])c1cccc(CCOc2ccc(-c3cc(O)no3)cc2)c1. The van der Waals surface area contributed by atoms with Crippen molar-refractivity contribution in [3.05, 3.63) is 70.3 Å². The summed E-state index contributed by atoms with van der Waals surface area (Å²) in [6.45, 7) is 0.406. The summed E-state index contributed by atoms with van der Waals surface area (Å²) in [7, 11) is 0. The average Bonchev–Trinajstić information content (AvgIpc) is 3.02. The van der Waals surface area contributed by atoms with Crippen molar-refractivity contribution >= 4 is 5.69 Å². The first-order chi connectivity index (χ1) is 11.6. The summed E-state index contributed by atoms with van der Waals surface area (Å²) >= 11 is 0. The van der Waals surface area contributed by atoms with E-state index in [9.17, 15) is 15.2 Å². The van der Waals surface area contributed by atoms with Crippen LogP contribution in [0.5, 0.6) is 11.6 Å². The van der Waals surface area contributed by atoms with Crippen LogP contribution in [0.3, 0.4) is 0 Å². The first-order valence-corrected chi connectivity index (χ1v) is 7.24. The molecule has 24 heavy (non-hydrogen) atoms. The minimum atomic E-state index is -0.412. The molecule has 0 amide bonds.